The number of ether oxygens (including phenoxy) is 2. The van der Waals surface area contributed by atoms with E-state index >= 15 is 0 Å². The first kappa shape index (κ1) is 19.4. The van der Waals surface area contributed by atoms with Crippen LogP contribution in [-0.2, 0) is 16.1 Å². The summed E-state index contributed by atoms with van der Waals surface area (Å²) in [5.74, 6) is -0.379. The molecular weight excluding hydrogens is 323 g/mol. The number of methoxy groups -OCH3 is 1. The fourth-order valence-electron chi connectivity index (χ4n) is 3.23. The van der Waals surface area contributed by atoms with Crippen LogP contribution in [0.5, 0.6) is 0 Å². The maximum absolute atomic E-state index is 13.9. The Morgan fingerprint density at radius 2 is 2.28 bits per heavy atom. The molecule has 1 aliphatic rings. The van der Waals surface area contributed by atoms with Gasteiger partial charge in [-0.05, 0) is 43.4 Å². The van der Waals surface area contributed by atoms with Gasteiger partial charge in [-0.3, -0.25) is 4.79 Å². The molecular formula is C19H25FN2O3. The molecule has 6 heteroatoms. The molecule has 2 atom stereocenters. The normalized spacial score (nSPS) is 23.0. The van der Waals surface area contributed by atoms with Gasteiger partial charge in [0.15, 0.2) is 0 Å². The van der Waals surface area contributed by atoms with Crippen molar-refractivity contribution in [1.82, 2.24) is 5.32 Å². The van der Waals surface area contributed by atoms with E-state index in [1.165, 1.54) is 18.2 Å². The lowest BCUT2D eigenvalue weighted by atomic mass is 9.77. The maximum Gasteiger partial charge on any atom is 0.252 e. The van der Waals surface area contributed by atoms with Gasteiger partial charge in [0.25, 0.3) is 5.91 Å². The number of nitriles is 1. The van der Waals surface area contributed by atoms with E-state index in [0.29, 0.717) is 43.1 Å². The zero-order valence-electron chi connectivity index (χ0n) is 14.8. The van der Waals surface area contributed by atoms with Crippen molar-refractivity contribution in [3.8, 4) is 6.07 Å². The van der Waals surface area contributed by atoms with Crippen molar-refractivity contribution in [3.63, 3.8) is 0 Å². The minimum atomic E-state index is -0.835. The van der Waals surface area contributed by atoms with Crippen LogP contribution in [0.25, 0.3) is 0 Å². The fraction of sp³-hybridized carbons (Fsp3) is 0.579. The van der Waals surface area contributed by atoms with Crippen LogP contribution in [0.2, 0.25) is 0 Å². The Labute approximate surface area is 148 Å². The number of benzene rings is 1. The second-order valence-corrected chi connectivity index (χ2v) is 6.70. The van der Waals surface area contributed by atoms with Crippen LogP contribution < -0.4 is 5.32 Å². The van der Waals surface area contributed by atoms with Crippen LogP contribution in [-0.4, -0.2) is 31.8 Å². The molecule has 5 nitrogen and oxygen atoms in total. The molecule has 0 radical (unpaired) electrons. The van der Waals surface area contributed by atoms with Crippen molar-refractivity contribution in [1.29, 1.82) is 5.26 Å². The van der Waals surface area contributed by atoms with E-state index in [0.717, 1.165) is 12.8 Å². The topological polar surface area (TPSA) is 71.3 Å². The minimum absolute atomic E-state index is 0.0662. The summed E-state index contributed by atoms with van der Waals surface area (Å²) in [7, 11) is 1.56. The average molecular weight is 348 g/mol. The molecule has 136 valence electrons. The van der Waals surface area contributed by atoms with Crippen LogP contribution >= 0.6 is 0 Å². The molecule has 0 saturated heterocycles. The van der Waals surface area contributed by atoms with Crippen molar-refractivity contribution in [2.24, 2.45) is 5.92 Å². The first-order valence-electron chi connectivity index (χ1n) is 8.58. The predicted octanol–water partition coefficient (Wildman–Crippen LogP) is 3.19. The number of carbonyl (C=O) groups excluding carboxylic acids is 1. The highest BCUT2D eigenvalue weighted by Crippen LogP contribution is 2.32. The lowest BCUT2D eigenvalue weighted by Crippen LogP contribution is -2.50. The van der Waals surface area contributed by atoms with Crippen molar-refractivity contribution in [2.75, 3.05) is 20.3 Å². The highest BCUT2D eigenvalue weighted by atomic mass is 19.1. The third kappa shape index (κ3) is 5.25. The summed E-state index contributed by atoms with van der Waals surface area (Å²) in [6, 6.07) is 6.45. The lowest BCUT2D eigenvalue weighted by Gasteiger charge is -2.35. The molecule has 25 heavy (non-hydrogen) atoms. The molecule has 1 amide bonds. The molecule has 1 fully saturated rings. The van der Waals surface area contributed by atoms with Gasteiger partial charge >= 0.3 is 0 Å². The third-order valence-electron chi connectivity index (χ3n) is 4.56. The quantitative estimate of drug-likeness (QED) is 0.768. The van der Waals surface area contributed by atoms with Gasteiger partial charge in [-0.1, -0.05) is 13.3 Å². The molecule has 0 aliphatic heterocycles. The summed E-state index contributed by atoms with van der Waals surface area (Å²) >= 11 is 0. The molecule has 1 aliphatic carbocycles. The van der Waals surface area contributed by atoms with Gasteiger partial charge < -0.3 is 14.8 Å². The van der Waals surface area contributed by atoms with E-state index in [2.05, 4.69) is 18.3 Å². The molecule has 1 N–H and O–H groups in total. The molecule has 1 saturated carbocycles. The lowest BCUT2D eigenvalue weighted by molar-refractivity contribution is 0.0603. The molecule has 1 aromatic carbocycles. The van der Waals surface area contributed by atoms with E-state index in [-0.39, 0.29) is 12.5 Å². The number of hydrogen-bond donors (Lipinski definition) is 1. The van der Waals surface area contributed by atoms with Crippen LogP contribution in [0.4, 0.5) is 4.39 Å². The Balaban J connectivity index is 2.07. The highest BCUT2D eigenvalue weighted by molar-refractivity contribution is 5.95. The fourth-order valence-corrected chi connectivity index (χ4v) is 3.23. The monoisotopic (exact) mass is 348 g/mol. The van der Waals surface area contributed by atoms with E-state index in [9.17, 15) is 14.4 Å². The summed E-state index contributed by atoms with van der Waals surface area (Å²) in [5, 5.41) is 12.4. The van der Waals surface area contributed by atoms with Gasteiger partial charge in [-0.2, -0.15) is 5.26 Å². The first-order chi connectivity index (χ1) is 12.0. The van der Waals surface area contributed by atoms with Crippen LogP contribution in [0.15, 0.2) is 18.2 Å². The van der Waals surface area contributed by atoms with Gasteiger partial charge in [-0.15, -0.1) is 0 Å². The third-order valence-corrected chi connectivity index (χ3v) is 4.56. The van der Waals surface area contributed by atoms with Crippen LogP contribution in [0.3, 0.4) is 0 Å². The van der Waals surface area contributed by atoms with Gasteiger partial charge in [0.1, 0.15) is 11.4 Å². The predicted molar refractivity (Wildman–Crippen MR) is 91.4 cm³/mol. The second-order valence-electron chi connectivity index (χ2n) is 6.70. The van der Waals surface area contributed by atoms with E-state index in [4.69, 9.17) is 9.47 Å². The number of carbonyl (C=O) groups is 1. The van der Waals surface area contributed by atoms with Gasteiger partial charge in [0.05, 0.1) is 25.9 Å². The minimum Gasteiger partial charge on any atom is -0.382 e. The summed E-state index contributed by atoms with van der Waals surface area (Å²) in [4.78, 5) is 12.6. The van der Waals surface area contributed by atoms with E-state index in [1.807, 2.05) is 0 Å². The number of rotatable bonds is 7. The number of hydrogen-bond acceptors (Lipinski definition) is 4. The zero-order valence-corrected chi connectivity index (χ0v) is 14.8. The van der Waals surface area contributed by atoms with Crippen molar-refractivity contribution < 1.29 is 18.7 Å². The molecule has 0 bridgehead atoms. The van der Waals surface area contributed by atoms with Crippen molar-refractivity contribution >= 4 is 5.91 Å². The molecule has 0 heterocycles. The molecule has 0 spiro atoms. The molecule has 0 unspecified atom stereocenters. The summed E-state index contributed by atoms with van der Waals surface area (Å²) < 4.78 is 24.1. The first-order valence-corrected chi connectivity index (χ1v) is 8.58. The summed E-state index contributed by atoms with van der Waals surface area (Å²) in [6.45, 7) is 2.92. The smallest absolute Gasteiger partial charge is 0.252 e. The SMILES string of the molecule is COCCOCc1cc(C(=O)N[C@@]2(C#N)CCC[C@@H](C)C2)ccc1F. The number of amides is 1. The largest absolute Gasteiger partial charge is 0.382 e. The second kappa shape index (κ2) is 8.93. The standard InChI is InChI=1S/C19H25FN2O3/c1-14-4-3-7-19(11-14,13-21)22-18(23)15-5-6-17(20)16(10-15)12-25-9-8-24-2/h5-6,10,14H,3-4,7-9,11-12H2,1-2H3,(H,22,23)/t14-,19+/m1/s1. The van der Waals surface area contributed by atoms with E-state index in [1.54, 1.807) is 7.11 Å². The zero-order chi connectivity index (χ0) is 18.3. The Morgan fingerprint density at radius 3 is 2.96 bits per heavy atom. The van der Waals surface area contributed by atoms with Gasteiger partial charge in [0.2, 0.25) is 0 Å². The number of nitrogens with zero attached hydrogens (tertiary/aromatic N) is 1. The molecule has 1 aromatic rings. The maximum atomic E-state index is 13.9. The highest BCUT2D eigenvalue weighted by Gasteiger charge is 2.36. The van der Waals surface area contributed by atoms with Crippen LogP contribution in [0, 0.1) is 23.1 Å². The number of nitrogens with one attached hydrogen (secondary N) is 1. The number of halogens is 1. The van der Waals surface area contributed by atoms with Gasteiger partial charge in [-0.25, -0.2) is 4.39 Å². The summed E-state index contributed by atoms with van der Waals surface area (Å²) in [6.07, 6.45) is 3.27. The Bertz CT molecular complexity index is 644. The van der Waals surface area contributed by atoms with E-state index < -0.39 is 11.4 Å². The molecule has 2 rings (SSSR count). The molecule has 0 aromatic heterocycles. The Kier molecular flexibility index (Phi) is 6.91. The van der Waals surface area contributed by atoms with Crippen LogP contribution in [0.1, 0.15) is 48.5 Å². The Hall–Kier alpha value is -1.97. The summed E-state index contributed by atoms with van der Waals surface area (Å²) in [5.41, 5.74) is -0.190. The van der Waals surface area contributed by atoms with Crippen molar-refractivity contribution in [3.05, 3.63) is 35.1 Å². The van der Waals surface area contributed by atoms with Crippen molar-refractivity contribution in [2.45, 2.75) is 44.8 Å². The Morgan fingerprint density at radius 1 is 1.48 bits per heavy atom. The average Bonchev–Trinajstić information content (AvgIpc) is 2.60. The van der Waals surface area contributed by atoms with Gasteiger partial charge in [0, 0.05) is 18.2 Å².